The van der Waals surface area contributed by atoms with E-state index in [1.165, 1.54) is 6.26 Å². The second-order valence-corrected chi connectivity index (χ2v) is 8.99. The quantitative estimate of drug-likeness (QED) is 0.561. The molecule has 0 aromatic carbocycles. The third-order valence-corrected chi connectivity index (χ3v) is 5.84. The molecule has 0 aromatic heterocycles. The average Bonchev–Trinajstić information content (AvgIpc) is 3.14. The number of rotatable bonds is 11. The molecule has 1 rings (SSSR count). The highest BCUT2D eigenvalue weighted by atomic mass is 32.2. The van der Waals surface area contributed by atoms with Gasteiger partial charge in [-0.2, -0.15) is 11.8 Å². The molecule has 0 spiro atoms. The van der Waals surface area contributed by atoms with Crippen LogP contribution in [0, 0.1) is 0 Å². The maximum atomic E-state index is 11.5. The molecule has 1 atom stereocenters. The van der Waals surface area contributed by atoms with Crippen molar-refractivity contribution in [3.05, 3.63) is 0 Å². The predicted molar refractivity (Wildman–Crippen MR) is 83.1 cm³/mol. The van der Waals surface area contributed by atoms with E-state index < -0.39 is 21.3 Å². The van der Waals surface area contributed by atoms with Crippen molar-refractivity contribution in [2.45, 2.75) is 50.6 Å². The van der Waals surface area contributed by atoms with E-state index in [9.17, 15) is 18.3 Å². The molecule has 5 nitrogen and oxygen atoms in total. The van der Waals surface area contributed by atoms with Crippen LogP contribution in [0.1, 0.15) is 39.0 Å². The van der Waals surface area contributed by atoms with E-state index in [0.717, 1.165) is 25.0 Å². The predicted octanol–water partition coefficient (Wildman–Crippen LogP) is 1.53. The molecule has 0 aromatic rings. The highest BCUT2D eigenvalue weighted by Gasteiger charge is 2.40. The van der Waals surface area contributed by atoms with Crippen LogP contribution in [0.3, 0.4) is 0 Å². The third-order valence-electron chi connectivity index (χ3n) is 3.56. The van der Waals surface area contributed by atoms with E-state index in [1.54, 1.807) is 11.8 Å². The summed E-state index contributed by atoms with van der Waals surface area (Å²) < 4.78 is 22.0. The number of thioether (sulfide) groups is 1. The van der Waals surface area contributed by atoms with Crippen molar-refractivity contribution < 1.29 is 18.3 Å². The van der Waals surface area contributed by atoms with Crippen molar-refractivity contribution >= 4 is 27.6 Å². The topological polar surface area (TPSA) is 83.5 Å². The van der Waals surface area contributed by atoms with Crippen LogP contribution in [0.5, 0.6) is 0 Å². The summed E-state index contributed by atoms with van der Waals surface area (Å²) in [6.07, 6.45) is 5.33. The molecule has 2 N–H and O–H groups in total. The minimum Gasteiger partial charge on any atom is -0.480 e. The molecule has 0 aliphatic heterocycles. The first-order valence-corrected chi connectivity index (χ1v) is 10.3. The fourth-order valence-corrected chi connectivity index (χ4v) is 4.31. The highest BCUT2D eigenvalue weighted by Crippen LogP contribution is 2.27. The molecule has 1 saturated carbocycles. The zero-order valence-electron chi connectivity index (χ0n) is 12.2. The standard InChI is InChI=1S/C13H25NO4S2/c1-3-13(12(15)16,14-11-5-6-11)7-4-8-19-9-10-20(2,17)18/h11,14H,3-10H2,1-2H3,(H,15,16). The summed E-state index contributed by atoms with van der Waals surface area (Å²) in [5, 5.41) is 12.7. The average molecular weight is 323 g/mol. The Labute approximate surface area is 125 Å². The summed E-state index contributed by atoms with van der Waals surface area (Å²) in [6.45, 7) is 1.90. The van der Waals surface area contributed by atoms with Crippen molar-refractivity contribution in [1.82, 2.24) is 5.32 Å². The monoisotopic (exact) mass is 323 g/mol. The SMILES string of the molecule is CCC(CCCSCCS(C)(=O)=O)(NC1CC1)C(=O)O. The largest absolute Gasteiger partial charge is 0.480 e. The van der Waals surface area contributed by atoms with Gasteiger partial charge in [0, 0.05) is 18.1 Å². The first kappa shape index (κ1) is 17.8. The lowest BCUT2D eigenvalue weighted by atomic mass is 9.90. The van der Waals surface area contributed by atoms with E-state index in [4.69, 9.17) is 0 Å². The molecule has 0 saturated heterocycles. The Morgan fingerprint density at radius 2 is 2.05 bits per heavy atom. The summed E-state index contributed by atoms with van der Waals surface area (Å²) in [6, 6.07) is 0.365. The molecule has 118 valence electrons. The molecule has 0 heterocycles. The molecule has 1 unspecified atom stereocenters. The molecule has 0 amide bonds. The number of carboxylic acid groups (broad SMARTS) is 1. The van der Waals surface area contributed by atoms with Gasteiger partial charge in [-0.15, -0.1) is 0 Å². The number of carbonyl (C=O) groups is 1. The van der Waals surface area contributed by atoms with Gasteiger partial charge in [-0.05, 0) is 37.9 Å². The Morgan fingerprint density at radius 1 is 1.40 bits per heavy atom. The fraction of sp³-hybridized carbons (Fsp3) is 0.923. The van der Waals surface area contributed by atoms with Crippen LogP contribution >= 0.6 is 11.8 Å². The van der Waals surface area contributed by atoms with Gasteiger partial charge in [0.05, 0.1) is 5.75 Å². The summed E-state index contributed by atoms with van der Waals surface area (Å²) in [5.41, 5.74) is -0.807. The minimum absolute atomic E-state index is 0.190. The summed E-state index contributed by atoms with van der Waals surface area (Å²) >= 11 is 1.58. The van der Waals surface area contributed by atoms with Gasteiger partial charge in [-0.1, -0.05) is 6.92 Å². The first-order chi connectivity index (χ1) is 9.29. The molecule has 0 bridgehead atoms. The zero-order valence-corrected chi connectivity index (χ0v) is 13.9. The van der Waals surface area contributed by atoms with Crippen LogP contribution < -0.4 is 5.32 Å². The van der Waals surface area contributed by atoms with Crippen molar-refractivity contribution in [3.63, 3.8) is 0 Å². The molecule has 1 aliphatic rings. The van der Waals surface area contributed by atoms with E-state index >= 15 is 0 Å². The van der Waals surface area contributed by atoms with Crippen LogP contribution in [-0.4, -0.2) is 54.6 Å². The highest BCUT2D eigenvalue weighted by molar-refractivity contribution is 8.00. The van der Waals surface area contributed by atoms with Gasteiger partial charge < -0.3 is 5.11 Å². The first-order valence-electron chi connectivity index (χ1n) is 7.05. The maximum absolute atomic E-state index is 11.5. The van der Waals surface area contributed by atoms with Crippen molar-refractivity contribution in [2.24, 2.45) is 0 Å². The second kappa shape index (κ2) is 7.66. The molecule has 1 aliphatic carbocycles. The molecular formula is C13H25NO4S2. The lowest BCUT2D eigenvalue weighted by Gasteiger charge is -2.29. The lowest BCUT2D eigenvalue weighted by molar-refractivity contribution is -0.145. The number of aliphatic carboxylic acids is 1. The van der Waals surface area contributed by atoms with Gasteiger partial charge in [0.15, 0.2) is 0 Å². The van der Waals surface area contributed by atoms with Crippen LogP contribution in [0.15, 0.2) is 0 Å². The van der Waals surface area contributed by atoms with Gasteiger partial charge in [0.25, 0.3) is 0 Å². The normalized spacial score (nSPS) is 18.7. The number of nitrogens with one attached hydrogen (secondary N) is 1. The van der Waals surface area contributed by atoms with Crippen LogP contribution in [0.2, 0.25) is 0 Å². The zero-order chi connectivity index (χ0) is 15.2. The molecule has 1 fully saturated rings. The number of hydrogen-bond acceptors (Lipinski definition) is 5. The Bertz CT molecular complexity index is 420. The lowest BCUT2D eigenvalue weighted by Crippen LogP contribution is -2.52. The van der Waals surface area contributed by atoms with Gasteiger partial charge in [0.2, 0.25) is 0 Å². The molecule has 0 radical (unpaired) electrons. The smallest absolute Gasteiger partial charge is 0.323 e. The Morgan fingerprint density at radius 3 is 2.50 bits per heavy atom. The van der Waals surface area contributed by atoms with Gasteiger partial charge in [-0.25, -0.2) is 8.42 Å². The van der Waals surface area contributed by atoms with Crippen molar-refractivity contribution in [2.75, 3.05) is 23.5 Å². The number of carboxylic acids is 1. The van der Waals surface area contributed by atoms with Crippen LogP contribution in [0.4, 0.5) is 0 Å². The second-order valence-electron chi connectivity index (χ2n) is 5.51. The van der Waals surface area contributed by atoms with Crippen LogP contribution in [0.25, 0.3) is 0 Å². The summed E-state index contributed by atoms with van der Waals surface area (Å²) in [7, 11) is -2.89. The van der Waals surface area contributed by atoms with Gasteiger partial charge in [0.1, 0.15) is 15.4 Å². The summed E-state index contributed by atoms with van der Waals surface area (Å²) in [5.74, 6) is 0.807. The molecule has 20 heavy (non-hydrogen) atoms. The van der Waals surface area contributed by atoms with Crippen LogP contribution in [-0.2, 0) is 14.6 Å². The Balaban J connectivity index is 2.29. The maximum Gasteiger partial charge on any atom is 0.323 e. The van der Waals surface area contributed by atoms with Gasteiger partial charge in [-0.3, -0.25) is 10.1 Å². The Kier molecular flexibility index (Phi) is 6.81. The van der Waals surface area contributed by atoms with E-state index in [1.807, 2.05) is 6.92 Å². The fourth-order valence-electron chi connectivity index (χ4n) is 2.08. The van der Waals surface area contributed by atoms with Crippen molar-refractivity contribution in [3.8, 4) is 0 Å². The third kappa shape index (κ3) is 6.45. The Hall–Kier alpha value is -0.270. The number of hydrogen-bond donors (Lipinski definition) is 2. The molecule has 7 heteroatoms. The van der Waals surface area contributed by atoms with Gasteiger partial charge >= 0.3 is 5.97 Å². The van der Waals surface area contributed by atoms with Crippen molar-refractivity contribution in [1.29, 1.82) is 0 Å². The van der Waals surface area contributed by atoms with E-state index in [0.29, 0.717) is 24.6 Å². The summed E-state index contributed by atoms with van der Waals surface area (Å²) in [4.78, 5) is 11.5. The number of sulfone groups is 1. The van der Waals surface area contributed by atoms with E-state index in [-0.39, 0.29) is 5.75 Å². The van der Waals surface area contributed by atoms with E-state index in [2.05, 4.69) is 5.32 Å². The minimum atomic E-state index is -2.89. The molecular weight excluding hydrogens is 298 g/mol.